The highest BCUT2D eigenvalue weighted by molar-refractivity contribution is 7.61. The molecule has 68 valence electrons. The van der Waals surface area contributed by atoms with E-state index in [4.69, 9.17) is 4.89 Å². The molecule has 0 aliphatic carbocycles. The van der Waals surface area contributed by atoms with Crippen molar-refractivity contribution in [3.8, 4) is 0 Å². The molecule has 1 atom stereocenters. The maximum absolute atomic E-state index is 11.1. The summed E-state index contributed by atoms with van der Waals surface area (Å²) in [5, 5.41) is 0.322. The van der Waals surface area contributed by atoms with Crippen LogP contribution in [0.15, 0.2) is 30.3 Å². The van der Waals surface area contributed by atoms with Crippen LogP contribution in [0.1, 0.15) is 0 Å². The average molecular weight is 209 g/mol. The standard InChI is InChI=1S/C7H9O3P.ClH/c1-10-11(8,9)7-5-3-2-4-6-7;/h2-6H,1H3,(H,8,9);1H. The molecule has 1 aromatic carbocycles. The molecular weight excluding hydrogens is 199 g/mol. The van der Waals surface area contributed by atoms with Gasteiger partial charge < -0.3 is 9.42 Å². The molecule has 5 heteroatoms. The largest absolute Gasteiger partial charge is 0.358 e. The predicted molar refractivity (Wildman–Crippen MR) is 50.2 cm³/mol. The molecular formula is C7H10ClO3P. The van der Waals surface area contributed by atoms with Crippen molar-refractivity contribution in [2.24, 2.45) is 0 Å². The van der Waals surface area contributed by atoms with Crippen molar-refractivity contribution in [1.29, 1.82) is 0 Å². The molecule has 3 nitrogen and oxygen atoms in total. The molecule has 1 rings (SSSR count). The Morgan fingerprint density at radius 1 is 1.33 bits per heavy atom. The van der Waals surface area contributed by atoms with Gasteiger partial charge in [0.1, 0.15) is 0 Å². The van der Waals surface area contributed by atoms with E-state index in [9.17, 15) is 4.57 Å². The molecule has 0 spiro atoms. The van der Waals surface area contributed by atoms with Crippen LogP contribution in [0.3, 0.4) is 0 Å². The number of halogens is 1. The average Bonchev–Trinajstić information content (AvgIpc) is 2.06. The smallest absolute Gasteiger partial charge is 0.321 e. The van der Waals surface area contributed by atoms with Gasteiger partial charge in [-0.25, -0.2) is 0 Å². The molecule has 0 saturated heterocycles. The van der Waals surface area contributed by atoms with E-state index in [-0.39, 0.29) is 12.4 Å². The van der Waals surface area contributed by atoms with Gasteiger partial charge in [-0.05, 0) is 12.1 Å². The highest BCUT2D eigenvalue weighted by Gasteiger charge is 2.18. The van der Waals surface area contributed by atoms with Crippen LogP contribution in [0.4, 0.5) is 0 Å². The van der Waals surface area contributed by atoms with E-state index in [0.717, 1.165) is 0 Å². The summed E-state index contributed by atoms with van der Waals surface area (Å²) in [6.07, 6.45) is 0. The van der Waals surface area contributed by atoms with Gasteiger partial charge in [0.2, 0.25) is 0 Å². The zero-order chi connectivity index (χ0) is 8.32. The van der Waals surface area contributed by atoms with Gasteiger partial charge in [-0.1, -0.05) is 18.2 Å². The van der Waals surface area contributed by atoms with Crippen LogP contribution in [-0.2, 0) is 9.09 Å². The Bertz CT molecular complexity index is 275. The lowest BCUT2D eigenvalue weighted by Gasteiger charge is -2.07. The maximum atomic E-state index is 11.1. The molecule has 1 unspecified atom stereocenters. The van der Waals surface area contributed by atoms with Crippen LogP contribution in [0.2, 0.25) is 0 Å². The normalized spacial score (nSPS) is 14.5. The summed E-state index contributed by atoms with van der Waals surface area (Å²) in [5.74, 6) is 0. The fraction of sp³-hybridized carbons (Fsp3) is 0.143. The minimum absolute atomic E-state index is 0. The molecule has 0 saturated carbocycles. The number of benzene rings is 1. The van der Waals surface area contributed by atoms with E-state index < -0.39 is 7.60 Å². The molecule has 0 heterocycles. The van der Waals surface area contributed by atoms with Crippen LogP contribution in [0.5, 0.6) is 0 Å². The molecule has 0 fully saturated rings. The lowest BCUT2D eigenvalue weighted by molar-refractivity contribution is 0.328. The van der Waals surface area contributed by atoms with Gasteiger partial charge in [0.05, 0.1) is 5.30 Å². The van der Waals surface area contributed by atoms with Crippen LogP contribution < -0.4 is 5.30 Å². The molecule has 0 aliphatic heterocycles. The van der Waals surface area contributed by atoms with Crippen molar-refractivity contribution in [2.75, 3.05) is 7.11 Å². The third kappa shape index (κ3) is 2.61. The van der Waals surface area contributed by atoms with Crippen LogP contribution in [0.25, 0.3) is 0 Å². The fourth-order valence-electron chi connectivity index (χ4n) is 0.722. The molecule has 0 aromatic heterocycles. The number of hydrogen-bond acceptors (Lipinski definition) is 2. The zero-order valence-corrected chi connectivity index (χ0v) is 8.22. The summed E-state index contributed by atoms with van der Waals surface area (Å²) in [6, 6.07) is 8.28. The van der Waals surface area contributed by atoms with Crippen LogP contribution in [-0.4, -0.2) is 12.0 Å². The summed E-state index contributed by atoms with van der Waals surface area (Å²) in [7, 11) is -2.31. The van der Waals surface area contributed by atoms with Crippen molar-refractivity contribution in [3.63, 3.8) is 0 Å². The summed E-state index contributed by atoms with van der Waals surface area (Å²) in [5.41, 5.74) is 0. The Balaban J connectivity index is 0.00000121. The van der Waals surface area contributed by atoms with Crippen molar-refractivity contribution in [3.05, 3.63) is 30.3 Å². The Kier molecular flexibility index (Phi) is 4.50. The van der Waals surface area contributed by atoms with Gasteiger partial charge in [0, 0.05) is 7.11 Å². The summed E-state index contributed by atoms with van der Waals surface area (Å²) < 4.78 is 15.6. The highest BCUT2D eigenvalue weighted by Crippen LogP contribution is 2.38. The van der Waals surface area contributed by atoms with Gasteiger partial charge in [-0.3, -0.25) is 4.57 Å². The molecule has 12 heavy (non-hydrogen) atoms. The van der Waals surface area contributed by atoms with Crippen LogP contribution >= 0.6 is 20.0 Å². The second-order valence-corrected chi connectivity index (χ2v) is 3.96. The topological polar surface area (TPSA) is 46.5 Å². The molecule has 0 radical (unpaired) electrons. The van der Waals surface area contributed by atoms with Crippen molar-refractivity contribution < 1.29 is 14.0 Å². The highest BCUT2D eigenvalue weighted by atomic mass is 35.5. The maximum Gasteiger partial charge on any atom is 0.358 e. The Labute approximate surface area is 77.3 Å². The van der Waals surface area contributed by atoms with Gasteiger partial charge >= 0.3 is 7.60 Å². The fourth-order valence-corrected chi connectivity index (χ4v) is 1.48. The van der Waals surface area contributed by atoms with Crippen molar-refractivity contribution >= 4 is 25.3 Å². The Morgan fingerprint density at radius 2 is 1.83 bits per heavy atom. The van der Waals surface area contributed by atoms with Crippen LogP contribution in [0, 0.1) is 0 Å². The Hall–Kier alpha value is -0.340. The lowest BCUT2D eigenvalue weighted by atomic mass is 10.4. The van der Waals surface area contributed by atoms with E-state index in [1.54, 1.807) is 30.3 Å². The summed E-state index contributed by atoms with van der Waals surface area (Å²) in [6.45, 7) is 0. The van der Waals surface area contributed by atoms with Gasteiger partial charge in [0.15, 0.2) is 0 Å². The number of rotatable bonds is 2. The van der Waals surface area contributed by atoms with E-state index in [0.29, 0.717) is 5.30 Å². The summed E-state index contributed by atoms with van der Waals surface area (Å²) in [4.78, 5) is 9.13. The van der Waals surface area contributed by atoms with E-state index in [1.165, 1.54) is 7.11 Å². The van der Waals surface area contributed by atoms with Gasteiger partial charge in [-0.15, -0.1) is 12.4 Å². The lowest BCUT2D eigenvalue weighted by Crippen LogP contribution is -2.03. The second kappa shape index (κ2) is 4.63. The predicted octanol–water partition coefficient (Wildman–Crippen LogP) is 1.57. The third-order valence-corrected chi connectivity index (χ3v) is 2.78. The van der Waals surface area contributed by atoms with E-state index in [2.05, 4.69) is 4.52 Å². The van der Waals surface area contributed by atoms with E-state index in [1.807, 2.05) is 0 Å². The first-order chi connectivity index (χ1) is 5.17. The SMILES string of the molecule is COP(=O)(O)c1ccccc1.Cl. The van der Waals surface area contributed by atoms with Gasteiger partial charge in [0.25, 0.3) is 0 Å². The van der Waals surface area contributed by atoms with E-state index >= 15 is 0 Å². The van der Waals surface area contributed by atoms with Crippen molar-refractivity contribution in [1.82, 2.24) is 0 Å². The second-order valence-electron chi connectivity index (χ2n) is 2.04. The number of hydrogen-bond donors (Lipinski definition) is 1. The molecule has 0 aliphatic rings. The zero-order valence-electron chi connectivity index (χ0n) is 6.51. The first-order valence-electron chi connectivity index (χ1n) is 3.11. The Morgan fingerprint density at radius 3 is 2.25 bits per heavy atom. The minimum Gasteiger partial charge on any atom is -0.321 e. The monoisotopic (exact) mass is 208 g/mol. The quantitative estimate of drug-likeness (QED) is 0.751. The first kappa shape index (κ1) is 11.7. The molecule has 0 amide bonds. The minimum atomic E-state index is -3.53. The van der Waals surface area contributed by atoms with Gasteiger partial charge in [-0.2, -0.15) is 0 Å². The molecule has 0 bridgehead atoms. The molecule has 1 aromatic rings. The summed E-state index contributed by atoms with van der Waals surface area (Å²) >= 11 is 0. The third-order valence-electron chi connectivity index (χ3n) is 1.33. The first-order valence-corrected chi connectivity index (χ1v) is 4.69. The van der Waals surface area contributed by atoms with Crippen molar-refractivity contribution in [2.45, 2.75) is 0 Å². The molecule has 1 N–H and O–H groups in total.